The number of rotatable bonds is 3. The Kier molecular flexibility index (Phi) is 4.28. The van der Waals surface area contributed by atoms with E-state index in [0.717, 1.165) is 37.4 Å². The summed E-state index contributed by atoms with van der Waals surface area (Å²) < 4.78 is 0. The van der Waals surface area contributed by atoms with E-state index in [4.69, 9.17) is 5.73 Å². The highest BCUT2D eigenvalue weighted by atomic mass is 16.2. The van der Waals surface area contributed by atoms with Crippen molar-refractivity contribution in [2.45, 2.75) is 6.42 Å². The smallest absolute Gasteiger partial charge is 0.254 e. The van der Waals surface area contributed by atoms with Crippen LogP contribution in [-0.2, 0) is 6.42 Å². The van der Waals surface area contributed by atoms with Gasteiger partial charge < -0.3 is 15.5 Å². The lowest BCUT2D eigenvalue weighted by Gasteiger charge is -2.32. The number of carbonyl (C=O) groups excluding carboxylic acids is 1. The third-order valence-electron chi connectivity index (χ3n) is 3.25. The molecule has 18 heavy (non-hydrogen) atoms. The topological polar surface area (TPSA) is 62.5 Å². The van der Waals surface area contributed by atoms with E-state index in [9.17, 15) is 4.79 Å². The van der Waals surface area contributed by atoms with Crippen LogP contribution >= 0.6 is 0 Å². The van der Waals surface area contributed by atoms with Gasteiger partial charge in [0.1, 0.15) is 0 Å². The quantitative estimate of drug-likeness (QED) is 0.816. The molecule has 5 nitrogen and oxygen atoms in total. The third-order valence-corrected chi connectivity index (χ3v) is 3.25. The summed E-state index contributed by atoms with van der Waals surface area (Å²) in [6, 6.07) is 3.63. The second-order valence-electron chi connectivity index (χ2n) is 4.67. The maximum Gasteiger partial charge on any atom is 0.254 e. The molecule has 2 rings (SSSR count). The Morgan fingerprint density at radius 2 is 2.11 bits per heavy atom. The predicted molar refractivity (Wildman–Crippen MR) is 70.4 cm³/mol. The first-order valence-corrected chi connectivity index (χ1v) is 6.33. The molecule has 5 heteroatoms. The van der Waals surface area contributed by atoms with E-state index in [1.165, 1.54) is 0 Å². The Morgan fingerprint density at radius 3 is 2.78 bits per heavy atom. The van der Waals surface area contributed by atoms with E-state index in [0.29, 0.717) is 13.0 Å². The monoisotopic (exact) mass is 248 g/mol. The third kappa shape index (κ3) is 3.05. The fourth-order valence-corrected chi connectivity index (χ4v) is 2.09. The summed E-state index contributed by atoms with van der Waals surface area (Å²) in [6.07, 6.45) is 2.40. The number of piperazine rings is 1. The number of nitrogens with two attached hydrogens (primary N) is 1. The Morgan fingerprint density at radius 1 is 1.39 bits per heavy atom. The van der Waals surface area contributed by atoms with Crippen molar-refractivity contribution in [1.82, 2.24) is 14.8 Å². The van der Waals surface area contributed by atoms with Gasteiger partial charge in [0, 0.05) is 50.1 Å². The van der Waals surface area contributed by atoms with Crippen LogP contribution in [0.1, 0.15) is 16.1 Å². The lowest BCUT2D eigenvalue weighted by molar-refractivity contribution is 0.0664. The van der Waals surface area contributed by atoms with Gasteiger partial charge in [0.2, 0.25) is 0 Å². The van der Waals surface area contributed by atoms with E-state index in [-0.39, 0.29) is 5.91 Å². The molecule has 1 fully saturated rings. The molecule has 2 N–H and O–H groups in total. The molecule has 0 spiro atoms. The van der Waals surface area contributed by atoms with E-state index in [2.05, 4.69) is 16.9 Å². The molecule has 1 amide bonds. The Balaban J connectivity index is 2.06. The van der Waals surface area contributed by atoms with Crippen LogP contribution < -0.4 is 5.73 Å². The van der Waals surface area contributed by atoms with E-state index in [1.807, 2.05) is 11.0 Å². The van der Waals surface area contributed by atoms with Gasteiger partial charge >= 0.3 is 0 Å². The first-order valence-electron chi connectivity index (χ1n) is 6.33. The molecule has 2 heterocycles. The summed E-state index contributed by atoms with van der Waals surface area (Å²) >= 11 is 0. The van der Waals surface area contributed by atoms with E-state index in [1.54, 1.807) is 12.3 Å². The van der Waals surface area contributed by atoms with Crippen molar-refractivity contribution >= 4 is 5.91 Å². The largest absolute Gasteiger partial charge is 0.336 e. The van der Waals surface area contributed by atoms with Gasteiger partial charge in [-0.2, -0.15) is 0 Å². The van der Waals surface area contributed by atoms with Crippen molar-refractivity contribution in [3.63, 3.8) is 0 Å². The maximum atomic E-state index is 12.3. The summed E-state index contributed by atoms with van der Waals surface area (Å²) in [5.41, 5.74) is 7.11. The number of hydrogen-bond donors (Lipinski definition) is 1. The Bertz CT molecular complexity index is 413. The van der Waals surface area contributed by atoms with E-state index < -0.39 is 0 Å². The van der Waals surface area contributed by atoms with Crippen molar-refractivity contribution < 1.29 is 4.79 Å². The first-order chi connectivity index (χ1) is 8.70. The number of hydrogen-bond acceptors (Lipinski definition) is 4. The molecular weight excluding hydrogens is 228 g/mol. The van der Waals surface area contributed by atoms with Gasteiger partial charge in [0.25, 0.3) is 5.91 Å². The number of likely N-dealkylation sites (N-methyl/N-ethyl adjacent to an activating group) is 1. The van der Waals surface area contributed by atoms with Gasteiger partial charge in [-0.1, -0.05) is 0 Å². The summed E-state index contributed by atoms with van der Waals surface area (Å²) in [4.78, 5) is 20.7. The minimum Gasteiger partial charge on any atom is -0.336 e. The zero-order valence-electron chi connectivity index (χ0n) is 10.8. The van der Waals surface area contributed by atoms with Gasteiger partial charge in [-0.3, -0.25) is 9.78 Å². The molecule has 1 aliphatic rings. The van der Waals surface area contributed by atoms with E-state index >= 15 is 0 Å². The van der Waals surface area contributed by atoms with Crippen LogP contribution in [0.4, 0.5) is 0 Å². The van der Waals surface area contributed by atoms with Crippen molar-refractivity contribution in [1.29, 1.82) is 0 Å². The highest BCUT2D eigenvalue weighted by Crippen LogP contribution is 2.09. The molecule has 0 aliphatic carbocycles. The fraction of sp³-hybridized carbons (Fsp3) is 0.538. The van der Waals surface area contributed by atoms with Crippen LogP contribution in [0, 0.1) is 0 Å². The number of amides is 1. The predicted octanol–water partition coefficient (Wildman–Crippen LogP) is -0.0296. The molecule has 1 aromatic rings. The second-order valence-corrected chi connectivity index (χ2v) is 4.67. The van der Waals surface area contributed by atoms with Crippen molar-refractivity contribution in [3.8, 4) is 0 Å². The lowest BCUT2D eigenvalue weighted by Crippen LogP contribution is -2.47. The Hall–Kier alpha value is -1.46. The fourth-order valence-electron chi connectivity index (χ4n) is 2.09. The molecular formula is C13H20N4O. The standard InChI is InChI=1S/C13H20N4O/c1-16-6-8-17(9-7-16)13(18)11-3-5-15-12(10-11)2-4-14/h3,5,10H,2,4,6-9,14H2,1H3. The first kappa shape index (κ1) is 13.0. The zero-order valence-corrected chi connectivity index (χ0v) is 10.8. The molecule has 0 aromatic carbocycles. The van der Waals surface area contributed by atoms with Crippen molar-refractivity contribution in [2.24, 2.45) is 5.73 Å². The SMILES string of the molecule is CN1CCN(C(=O)c2ccnc(CCN)c2)CC1. The normalized spacial score (nSPS) is 16.9. The molecule has 0 atom stereocenters. The number of aromatic nitrogens is 1. The van der Waals surface area contributed by atoms with Crippen LogP contribution in [0.2, 0.25) is 0 Å². The summed E-state index contributed by atoms with van der Waals surface area (Å²) in [5.74, 6) is 0.101. The molecule has 0 saturated carbocycles. The molecule has 0 unspecified atom stereocenters. The molecule has 0 bridgehead atoms. The summed E-state index contributed by atoms with van der Waals surface area (Å²) in [7, 11) is 2.08. The van der Waals surface area contributed by atoms with Gasteiger partial charge in [-0.25, -0.2) is 0 Å². The van der Waals surface area contributed by atoms with Crippen LogP contribution in [0.25, 0.3) is 0 Å². The van der Waals surface area contributed by atoms with Crippen LogP contribution in [-0.4, -0.2) is 60.5 Å². The zero-order chi connectivity index (χ0) is 13.0. The van der Waals surface area contributed by atoms with Crippen molar-refractivity contribution in [2.75, 3.05) is 39.8 Å². The van der Waals surface area contributed by atoms with Gasteiger partial charge in [-0.15, -0.1) is 0 Å². The van der Waals surface area contributed by atoms with Crippen LogP contribution in [0.5, 0.6) is 0 Å². The van der Waals surface area contributed by atoms with Crippen LogP contribution in [0.15, 0.2) is 18.3 Å². The number of nitrogens with zero attached hydrogens (tertiary/aromatic N) is 3. The molecule has 1 aliphatic heterocycles. The van der Waals surface area contributed by atoms with Gasteiger partial charge in [0.05, 0.1) is 0 Å². The minimum absolute atomic E-state index is 0.101. The Labute approximate surface area is 108 Å². The minimum atomic E-state index is 0.101. The highest BCUT2D eigenvalue weighted by Gasteiger charge is 2.20. The molecule has 98 valence electrons. The second kappa shape index (κ2) is 5.93. The molecule has 1 aromatic heterocycles. The molecule has 0 radical (unpaired) electrons. The maximum absolute atomic E-state index is 12.3. The summed E-state index contributed by atoms with van der Waals surface area (Å²) in [6.45, 7) is 4.02. The summed E-state index contributed by atoms with van der Waals surface area (Å²) in [5, 5.41) is 0. The number of carbonyl (C=O) groups is 1. The average molecular weight is 248 g/mol. The van der Waals surface area contributed by atoms with Crippen LogP contribution in [0.3, 0.4) is 0 Å². The molecule has 1 saturated heterocycles. The number of pyridine rings is 1. The highest BCUT2D eigenvalue weighted by molar-refractivity contribution is 5.94. The van der Waals surface area contributed by atoms with Crippen molar-refractivity contribution in [3.05, 3.63) is 29.6 Å². The van der Waals surface area contributed by atoms with Gasteiger partial charge in [0.15, 0.2) is 0 Å². The van der Waals surface area contributed by atoms with Gasteiger partial charge in [-0.05, 0) is 25.7 Å². The average Bonchev–Trinajstić information content (AvgIpc) is 2.39. The lowest BCUT2D eigenvalue weighted by atomic mass is 10.1.